The van der Waals surface area contributed by atoms with Gasteiger partial charge in [-0.15, -0.1) is 11.8 Å². The number of benzene rings is 1. The van der Waals surface area contributed by atoms with Crippen LogP contribution in [0.3, 0.4) is 0 Å². The van der Waals surface area contributed by atoms with Crippen LogP contribution in [0.15, 0.2) is 50.2 Å². The standard InChI is InChI=1S/C25H33BrN4OS/c1-5-17(2)24(29(4)23(27)22-18(3)28-16-31-22)32-11-7-10-30-14-20-13-25(20,15-30)19-8-6-9-21(26)12-19/h6,8-9,12,16,20,27H,5,7,10-11,13-15H2,1-4H3/b24-17-,27-23?/t20?,25-/m0/s1. The van der Waals surface area contributed by atoms with Gasteiger partial charge < -0.3 is 14.2 Å². The molecule has 1 aromatic heterocycles. The topological polar surface area (TPSA) is 56.4 Å². The van der Waals surface area contributed by atoms with Crippen molar-refractivity contribution < 1.29 is 4.42 Å². The third kappa shape index (κ3) is 4.70. The van der Waals surface area contributed by atoms with Crippen molar-refractivity contribution in [1.82, 2.24) is 14.8 Å². The molecule has 5 nitrogen and oxygen atoms in total. The Kier molecular flexibility index (Phi) is 7.18. The van der Waals surface area contributed by atoms with Gasteiger partial charge in [0.2, 0.25) is 0 Å². The fraction of sp³-hybridized carbons (Fsp3) is 0.520. The van der Waals surface area contributed by atoms with Gasteiger partial charge in [-0.2, -0.15) is 0 Å². The predicted octanol–water partition coefficient (Wildman–Crippen LogP) is 6.04. The molecule has 2 heterocycles. The molecule has 2 fully saturated rings. The number of fused-ring (bicyclic) bond motifs is 1. The molecule has 4 rings (SSSR count). The minimum atomic E-state index is 0.367. The number of amidine groups is 1. The summed E-state index contributed by atoms with van der Waals surface area (Å²) < 4.78 is 6.64. The zero-order valence-electron chi connectivity index (χ0n) is 19.4. The van der Waals surface area contributed by atoms with E-state index in [2.05, 4.69) is 63.9 Å². The maximum atomic E-state index is 8.59. The van der Waals surface area contributed by atoms with Crippen LogP contribution in [-0.4, -0.2) is 53.1 Å². The molecule has 1 aromatic carbocycles. The number of hydrogen-bond acceptors (Lipinski definition) is 5. The largest absolute Gasteiger partial charge is 0.440 e. The summed E-state index contributed by atoms with van der Waals surface area (Å²) in [4.78, 5) is 8.74. The zero-order chi connectivity index (χ0) is 22.9. The molecule has 32 heavy (non-hydrogen) atoms. The molecular weight excluding hydrogens is 484 g/mol. The van der Waals surface area contributed by atoms with Gasteiger partial charge in [-0.05, 0) is 68.8 Å². The lowest BCUT2D eigenvalue weighted by Crippen LogP contribution is -2.28. The molecule has 2 aliphatic rings. The molecule has 1 aliphatic heterocycles. The van der Waals surface area contributed by atoms with Crippen LogP contribution >= 0.6 is 27.7 Å². The van der Waals surface area contributed by atoms with Crippen LogP contribution in [0.2, 0.25) is 0 Å². The summed E-state index contributed by atoms with van der Waals surface area (Å²) in [6.07, 6.45) is 4.87. The number of oxazole rings is 1. The lowest BCUT2D eigenvalue weighted by molar-refractivity contribution is 0.299. The van der Waals surface area contributed by atoms with Crippen molar-refractivity contribution in [3.63, 3.8) is 0 Å². The highest BCUT2D eigenvalue weighted by atomic mass is 79.9. The van der Waals surface area contributed by atoms with Crippen molar-refractivity contribution >= 4 is 33.5 Å². The van der Waals surface area contributed by atoms with Gasteiger partial charge >= 0.3 is 0 Å². The molecule has 0 amide bonds. The molecule has 0 spiro atoms. The van der Waals surface area contributed by atoms with Gasteiger partial charge in [-0.3, -0.25) is 5.41 Å². The maximum Gasteiger partial charge on any atom is 0.192 e. The van der Waals surface area contributed by atoms with Crippen LogP contribution in [0.1, 0.15) is 50.1 Å². The number of likely N-dealkylation sites (tertiary alicyclic amines) is 1. The smallest absolute Gasteiger partial charge is 0.192 e. The fourth-order valence-electron chi connectivity index (χ4n) is 4.90. The molecule has 0 bridgehead atoms. The summed E-state index contributed by atoms with van der Waals surface area (Å²) in [5, 5.41) is 9.74. The summed E-state index contributed by atoms with van der Waals surface area (Å²) >= 11 is 5.49. The molecule has 2 aromatic rings. The zero-order valence-corrected chi connectivity index (χ0v) is 21.9. The van der Waals surface area contributed by atoms with Crippen LogP contribution in [0.5, 0.6) is 0 Å². The van der Waals surface area contributed by atoms with E-state index in [-0.39, 0.29) is 0 Å². The Bertz CT molecular complexity index is 1020. The quantitative estimate of drug-likeness (QED) is 0.250. The highest BCUT2D eigenvalue weighted by Gasteiger charge is 2.60. The Labute approximate surface area is 204 Å². The van der Waals surface area contributed by atoms with Gasteiger partial charge in [0, 0.05) is 35.8 Å². The number of thioether (sulfide) groups is 1. The van der Waals surface area contributed by atoms with Crippen molar-refractivity contribution in [3.8, 4) is 0 Å². The van der Waals surface area contributed by atoms with Crippen LogP contribution in [0, 0.1) is 18.3 Å². The Morgan fingerprint density at radius 1 is 1.44 bits per heavy atom. The van der Waals surface area contributed by atoms with E-state index < -0.39 is 0 Å². The first-order valence-corrected chi connectivity index (χ1v) is 13.2. The fourth-order valence-corrected chi connectivity index (χ4v) is 6.44. The van der Waals surface area contributed by atoms with E-state index in [1.54, 1.807) is 0 Å². The Morgan fingerprint density at radius 2 is 2.25 bits per heavy atom. The molecule has 1 aliphatic carbocycles. The second-order valence-corrected chi connectivity index (χ2v) is 11.1. The third-order valence-corrected chi connectivity index (χ3v) is 8.85. The Balaban J connectivity index is 1.30. The van der Waals surface area contributed by atoms with E-state index in [1.165, 1.54) is 41.5 Å². The lowest BCUT2D eigenvalue weighted by atomic mass is 9.95. The van der Waals surface area contributed by atoms with Crippen molar-refractivity contribution in [2.75, 3.05) is 32.4 Å². The number of nitrogens with zero attached hydrogens (tertiary/aromatic N) is 3. The van der Waals surface area contributed by atoms with E-state index >= 15 is 0 Å². The number of halogens is 1. The minimum Gasteiger partial charge on any atom is -0.440 e. The monoisotopic (exact) mass is 516 g/mol. The normalized spacial score (nSPS) is 23.1. The maximum absolute atomic E-state index is 8.59. The van der Waals surface area contributed by atoms with Crippen molar-refractivity contribution in [2.45, 2.75) is 45.4 Å². The Morgan fingerprint density at radius 3 is 2.94 bits per heavy atom. The minimum absolute atomic E-state index is 0.367. The van der Waals surface area contributed by atoms with Gasteiger partial charge in [0.15, 0.2) is 18.0 Å². The average molecular weight is 518 g/mol. The Hall–Kier alpha value is -1.57. The number of piperidine rings is 1. The van der Waals surface area contributed by atoms with Gasteiger partial charge in [0.1, 0.15) is 0 Å². The SMILES string of the molecule is CC/C(C)=C(\SCCCN1CC2C[C@@]2(c2cccc(Br)c2)C1)N(C)C(=N)c1ocnc1C. The van der Waals surface area contributed by atoms with E-state index in [1.807, 2.05) is 30.6 Å². The summed E-state index contributed by atoms with van der Waals surface area (Å²) in [5.74, 6) is 2.78. The number of aryl methyl sites for hydroxylation is 1. The number of rotatable bonds is 9. The van der Waals surface area contributed by atoms with Crippen LogP contribution in [-0.2, 0) is 5.41 Å². The summed E-state index contributed by atoms with van der Waals surface area (Å²) in [6.45, 7) is 9.76. The predicted molar refractivity (Wildman–Crippen MR) is 136 cm³/mol. The van der Waals surface area contributed by atoms with Crippen molar-refractivity contribution in [3.05, 3.63) is 62.8 Å². The van der Waals surface area contributed by atoms with Crippen molar-refractivity contribution in [1.29, 1.82) is 5.41 Å². The second-order valence-electron chi connectivity index (χ2n) is 9.12. The average Bonchev–Trinajstić information content (AvgIpc) is 3.11. The van der Waals surface area contributed by atoms with E-state index in [0.29, 0.717) is 17.0 Å². The van der Waals surface area contributed by atoms with Crippen LogP contribution in [0.25, 0.3) is 0 Å². The summed E-state index contributed by atoms with van der Waals surface area (Å²) in [5.41, 5.74) is 3.95. The second kappa shape index (κ2) is 9.74. The van der Waals surface area contributed by atoms with Gasteiger partial charge in [-0.1, -0.05) is 35.0 Å². The van der Waals surface area contributed by atoms with E-state index in [9.17, 15) is 0 Å². The van der Waals surface area contributed by atoms with Gasteiger partial charge in [-0.25, -0.2) is 4.98 Å². The van der Waals surface area contributed by atoms with Gasteiger partial charge in [0.25, 0.3) is 0 Å². The molecule has 1 saturated heterocycles. The number of aromatic nitrogens is 1. The van der Waals surface area contributed by atoms with Crippen LogP contribution in [0.4, 0.5) is 0 Å². The molecule has 7 heteroatoms. The molecule has 2 atom stereocenters. The molecule has 172 valence electrons. The number of nitrogens with one attached hydrogen (secondary N) is 1. The molecule has 1 saturated carbocycles. The molecular formula is C25H33BrN4OS. The van der Waals surface area contributed by atoms with E-state index in [4.69, 9.17) is 9.83 Å². The summed E-state index contributed by atoms with van der Waals surface area (Å²) in [6, 6.07) is 8.90. The van der Waals surface area contributed by atoms with Gasteiger partial charge in [0.05, 0.1) is 10.7 Å². The first-order chi connectivity index (χ1) is 15.4. The first kappa shape index (κ1) is 23.6. The molecule has 1 unspecified atom stereocenters. The third-order valence-electron chi connectivity index (χ3n) is 6.97. The lowest BCUT2D eigenvalue weighted by Gasteiger charge is -2.25. The van der Waals surface area contributed by atoms with Crippen LogP contribution < -0.4 is 0 Å². The summed E-state index contributed by atoms with van der Waals surface area (Å²) in [7, 11) is 1.96. The van der Waals surface area contributed by atoms with E-state index in [0.717, 1.165) is 41.8 Å². The first-order valence-electron chi connectivity index (χ1n) is 11.4. The number of allylic oxidation sites excluding steroid dienone is 1. The highest BCUT2D eigenvalue weighted by molar-refractivity contribution is 9.10. The van der Waals surface area contributed by atoms with Crippen molar-refractivity contribution in [2.24, 2.45) is 5.92 Å². The number of hydrogen-bond donors (Lipinski definition) is 1. The molecule has 0 radical (unpaired) electrons. The highest BCUT2D eigenvalue weighted by Crippen LogP contribution is 2.59. The molecule has 1 N–H and O–H groups in total.